The Morgan fingerprint density at radius 2 is 2.26 bits per heavy atom. The number of carbonyl (C=O) groups excluding carboxylic acids is 1. The van der Waals surface area contributed by atoms with Crippen LogP contribution in [0.2, 0.25) is 0 Å². The van der Waals surface area contributed by atoms with Gasteiger partial charge in [0, 0.05) is 19.4 Å². The van der Waals surface area contributed by atoms with Crippen molar-refractivity contribution < 1.29 is 4.79 Å². The highest BCUT2D eigenvalue weighted by Gasteiger charge is 2.11. The average molecular weight is 256 g/mol. The molecule has 7 nitrogen and oxygen atoms in total. The molecule has 1 N–H and O–H groups in total. The second-order valence-electron chi connectivity index (χ2n) is 4.30. The molecule has 0 aromatic carbocycles. The molecule has 19 heavy (non-hydrogen) atoms. The van der Waals surface area contributed by atoms with Crippen LogP contribution < -0.4 is 5.32 Å². The molecule has 0 saturated heterocycles. The minimum Gasteiger partial charge on any atom is -0.289 e. The molecule has 0 aliphatic heterocycles. The van der Waals surface area contributed by atoms with Gasteiger partial charge in [0.25, 0.3) is 5.91 Å². The Bertz CT molecular complexity index is 757. The predicted molar refractivity (Wildman–Crippen MR) is 68.9 cm³/mol. The number of pyridine rings is 1. The molecule has 7 heteroatoms. The molecular weight excluding hydrogens is 244 g/mol. The Labute approximate surface area is 108 Å². The van der Waals surface area contributed by atoms with Gasteiger partial charge in [-0.15, -0.1) is 5.10 Å². The quantitative estimate of drug-likeness (QED) is 0.742. The number of rotatable bonds is 2. The van der Waals surface area contributed by atoms with Crippen LogP contribution in [0.5, 0.6) is 0 Å². The van der Waals surface area contributed by atoms with Crippen LogP contribution in [0.15, 0.2) is 30.7 Å². The summed E-state index contributed by atoms with van der Waals surface area (Å²) in [6, 6.07) is 3.82. The Hall–Kier alpha value is -2.70. The van der Waals surface area contributed by atoms with Crippen molar-refractivity contribution in [3.63, 3.8) is 0 Å². The van der Waals surface area contributed by atoms with Gasteiger partial charge < -0.3 is 0 Å². The Morgan fingerprint density at radius 3 is 3.00 bits per heavy atom. The Morgan fingerprint density at radius 1 is 1.42 bits per heavy atom. The third-order valence-corrected chi connectivity index (χ3v) is 2.69. The third-order valence-electron chi connectivity index (χ3n) is 2.69. The summed E-state index contributed by atoms with van der Waals surface area (Å²) in [6.45, 7) is 1.97. The van der Waals surface area contributed by atoms with Gasteiger partial charge in [0.1, 0.15) is 0 Å². The number of aryl methyl sites for hydroxylation is 2. The lowest BCUT2D eigenvalue weighted by Gasteiger charge is -1.95. The standard InChI is InChI=1S/C12H12N6O/c1-8-3-4-18-10(5-8)14-12(16-18)15-11(19)9-6-13-17(2)7-9/h3-7H,1-2H3,(H,15,16,19). The molecule has 0 atom stereocenters. The average Bonchev–Trinajstić information content (AvgIpc) is 2.94. The van der Waals surface area contributed by atoms with Crippen molar-refractivity contribution in [2.24, 2.45) is 7.05 Å². The van der Waals surface area contributed by atoms with Gasteiger partial charge in [-0.05, 0) is 24.6 Å². The van der Waals surface area contributed by atoms with E-state index in [-0.39, 0.29) is 11.9 Å². The molecule has 0 radical (unpaired) electrons. The maximum atomic E-state index is 11.9. The number of amides is 1. The molecule has 96 valence electrons. The van der Waals surface area contributed by atoms with E-state index in [0.29, 0.717) is 11.2 Å². The van der Waals surface area contributed by atoms with Crippen molar-refractivity contribution in [3.05, 3.63) is 41.9 Å². The second kappa shape index (κ2) is 4.20. The first-order valence-electron chi connectivity index (χ1n) is 5.75. The Balaban J connectivity index is 1.87. The number of aromatic nitrogens is 5. The summed E-state index contributed by atoms with van der Waals surface area (Å²) < 4.78 is 3.18. The van der Waals surface area contributed by atoms with Crippen LogP contribution in [0.25, 0.3) is 5.65 Å². The van der Waals surface area contributed by atoms with E-state index in [0.717, 1.165) is 5.56 Å². The van der Waals surface area contributed by atoms with Crippen molar-refractivity contribution in [1.29, 1.82) is 0 Å². The summed E-state index contributed by atoms with van der Waals surface area (Å²) in [5.41, 5.74) is 2.25. The number of hydrogen-bond acceptors (Lipinski definition) is 4. The maximum Gasteiger partial charge on any atom is 0.261 e. The van der Waals surface area contributed by atoms with Crippen LogP contribution in [0.1, 0.15) is 15.9 Å². The fourth-order valence-electron chi connectivity index (χ4n) is 1.75. The lowest BCUT2D eigenvalue weighted by Crippen LogP contribution is -2.12. The maximum absolute atomic E-state index is 11.9. The van der Waals surface area contributed by atoms with Crippen molar-refractivity contribution >= 4 is 17.5 Å². The van der Waals surface area contributed by atoms with E-state index in [1.54, 1.807) is 28.6 Å². The molecule has 3 aromatic rings. The molecule has 0 aliphatic carbocycles. The zero-order valence-corrected chi connectivity index (χ0v) is 10.5. The first-order valence-corrected chi connectivity index (χ1v) is 5.75. The van der Waals surface area contributed by atoms with E-state index >= 15 is 0 Å². The van der Waals surface area contributed by atoms with Crippen LogP contribution in [-0.2, 0) is 7.05 Å². The highest BCUT2D eigenvalue weighted by Crippen LogP contribution is 2.08. The van der Waals surface area contributed by atoms with Crippen molar-refractivity contribution in [1.82, 2.24) is 24.4 Å². The highest BCUT2D eigenvalue weighted by atomic mass is 16.1. The summed E-state index contributed by atoms with van der Waals surface area (Å²) in [5, 5.41) is 10.8. The fourth-order valence-corrected chi connectivity index (χ4v) is 1.75. The monoisotopic (exact) mass is 256 g/mol. The van der Waals surface area contributed by atoms with Gasteiger partial charge in [0.2, 0.25) is 5.95 Å². The summed E-state index contributed by atoms with van der Waals surface area (Å²) >= 11 is 0. The second-order valence-corrected chi connectivity index (χ2v) is 4.30. The molecule has 0 unspecified atom stereocenters. The molecular formula is C12H12N6O. The summed E-state index contributed by atoms with van der Waals surface area (Å²) in [7, 11) is 1.75. The van der Waals surface area contributed by atoms with Gasteiger partial charge in [-0.1, -0.05) is 0 Å². The molecule has 0 saturated carbocycles. The summed E-state index contributed by atoms with van der Waals surface area (Å²) in [6.07, 6.45) is 4.93. The van der Waals surface area contributed by atoms with Crippen molar-refractivity contribution in [2.75, 3.05) is 5.32 Å². The molecule has 1 amide bonds. The van der Waals surface area contributed by atoms with Crippen molar-refractivity contribution in [3.8, 4) is 0 Å². The van der Waals surface area contributed by atoms with Gasteiger partial charge >= 0.3 is 0 Å². The topological polar surface area (TPSA) is 77.1 Å². The van der Waals surface area contributed by atoms with Crippen LogP contribution in [-0.4, -0.2) is 30.3 Å². The van der Waals surface area contributed by atoms with Gasteiger partial charge in [-0.25, -0.2) is 4.52 Å². The largest absolute Gasteiger partial charge is 0.289 e. The number of nitrogens with one attached hydrogen (secondary N) is 1. The molecule has 0 fully saturated rings. The highest BCUT2D eigenvalue weighted by molar-refractivity contribution is 6.03. The summed E-state index contributed by atoms with van der Waals surface area (Å²) in [4.78, 5) is 16.2. The number of fused-ring (bicyclic) bond motifs is 1. The Kier molecular flexibility index (Phi) is 2.52. The molecule has 3 aromatic heterocycles. The van der Waals surface area contributed by atoms with E-state index in [2.05, 4.69) is 20.5 Å². The smallest absolute Gasteiger partial charge is 0.261 e. The zero-order valence-electron chi connectivity index (χ0n) is 10.5. The van der Waals surface area contributed by atoms with Crippen LogP contribution in [0.3, 0.4) is 0 Å². The van der Waals surface area contributed by atoms with Gasteiger partial charge in [-0.2, -0.15) is 10.1 Å². The fraction of sp³-hybridized carbons (Fsp3) is 0.167. The molecule has 3 rings (SSSR count). The molecule has 0 bridgehead atoms. The first kappa shape index (κ1) is 11.4. The normalized spacial score (nSPS) is 10.8. The van der Waals surface area contributed by atoms with Crippen molar-refractivity contribution in [2.45, 2.75) is 6.92 Å². The van der Waals surface area contributed by atoms with Crippen LogP contribution in [0.4, 0.5) is 5.95 Å². The number of carbonyl (C=O) groups is 1. The minimum atomic E-state index is -0.277. The molecule has 0 aliphatic rings. The van der Waals surface area contributed by atoms with E-state index in [4.69, 9.17) is 0 Å². The number of hydrogen-bond donors (Lipinski definition) is 1. The zero-order chi connectivity index (χ0) is 13.4. The minimum absolute atomic E-state index is 0.277. The van der Waals surface area contributed by atoms with Crippen LogP contribution >= 0.6 is 0 Å². The van der Waals surface area contributed by atoms with Crippen LogP contribution in [0, 0.1) is 6.92 Å². The van der Waals surface area contributed by atoms with E-state index in [1.807, 2.05) is 19.1 Å². The molecule has 0 spiro atoms. The van der Waals surface area contributed by atoms with E-state index in [9.17, 15) is 4.79 Å². The lowest BCUT2D eigenvalue weighted by molar-refractivity contribution is 0.102. The van der Waals surface area contributed by atoms with Gasteiger partial charge in [-0.3, -0.25) is 14.8 Å². The SMILES string of the molecule is Cc1ccn2nc(NC(=O)c3cnn(C)c3)nc2c1. The van der Waals surface area contributed by atoms with Gasteiger partial charge in [0.05, 0.1) is 11.8 Å². The van der Waals surface area contributed by atoms with E-state index in [1.165, 1.54) is 6.20 Å². The third kappa shape index (κ3) is 2.17. The number of nitrogens with zero attached hydrogens (tertiary/aromatic N) is 5. The predicted octanol–water partition coefficient (Wildman–Crippen LogP) is 1.02. The van der Waals surface area contributed by atoms with E-state index < -0.39 is 0 Å². The number of anilines is 1. The van der Waals surface area contributed by atoms with Gasteiger partial charge in [0.15, 0.2) is 5.65 Å². The molecule has 3 heterocycles. The summed E-state index contributed by atoms with van der Waals surface area (Å²) in [5.74, 6) is 0.000168. The lowest BCUT2D eigenvalue weighted by atomic mass is 10.3. The first-order chi connectivity index (χ1) is 9.11.